The molecule has 0 bridgehead atoms. The third kappa shape index (κ3) is 3.47. The Kier molecular flexibility index (Phi) is 3.80. The number of carbonyl (C=O) groups excluding carboxylic acids is 1. The average Bonchev–Trinajstić information content (AvgIpc) is 2.66. The maximum Gasteiger partial charge on any atom is 0.253 e. The third-order valence-corrected chi connectivity index (χ3v) is 5.17. The molecule has 1 aliphatic heterocycles. The third-order valence-electron chi connectivity index (χ3n) is 3.33. The second kappa shape index (κ2) is 5.21. The molecule has 1 heterocycles. The first kappa shape index (κ1) is 13.9. The number of amides is 1. The summed E-state index contributed by atoms with van der Waals surface area (Å²) in [6.07, 6.45) is 0.617. The van der Waals surface area contributed by atoms with Crippen molar-refractivity contribution in [3.8, 4) is 0 Å². The Morgan fingerprint density at radius 1 is 1.47 bits per heavy atom. The summed E-state index contributed by atoms with van der Waals surface area (Å²) in [6.45, 7) is 2.28. The van der Waals surface area contributed by atoms with Crippen LogP contribution in [-0.4, -0.2) is 32.4 Å². The van der Waals surface area contributed by atoms with Gasteiger partial charge in [-0.1, -0.05) is 6.07 Å². The smallest absolute Gasteiger partial charge is 0.253 e. The van der Waals surface area contributed by atoms with E-state index in [9.17, 15) is 13.2 Å². The first-order valence-electron chi connectivity index (χ1n) is 6.22. The second-order valence-corrected chi connectivity index (χ2v) is 7.30. The van der Waals surface area contributed by atoms with E-state index in [-0.39, 0.29) is 23.3 Å². The number of rotatable bonds is 3. The van der Waals surface area contributed by atoms with Crippen LogP contribution >= 0.6 is 0 Å². The van der Waals surface area contributed by atoms with Gasteiger partial charge in [-0.25, -0.2) is 8.42 Å². The number of benzene rings is 1. The molecule has 0 saturated carbocycles. The first-order chi connectivity index (χ1) is 8.87. The van der Waals surface area contributed by atoms with Crippen LogP contribution in [-0.2, 0) is 9.84 Å². The minimum absolute atomic E-state index is 0.0145. The molecule has 0 spiro atoms. The van der Waals surface area contributed by atoms with Crippen LogP contribution in [0.5, 0.6) is 0 Å². The van der Waals surface area contributed by atoms with Crippen LogP contribution < -0.4 is 11.1 Å². The molecule has 6 heteroatoms. The van der Waals surface area contributed by atoms with Crippen molar-refractivity contribution < 1.29 is 13.2 Å². The summed E-state index contributed by atoms with van der Waals surface area (Å²) in [5.41, 5.74) is 7.67. The molecule has 0 radical (unpaired) electrons. The van der Waals surface area contributed by atoms with Crippen molar-refractivity contribution in [2.75, 3.05) is 23.8 Å². The summed E-state index contributed by atoms with van der Waals surface area (Å²) < 4.78 is 22.6. The largest absolute Gasteiger partial charge is 0.398 e. The molecule has 5 nitrogen and oxygen atoms in total. The predicted molar refractivity (Wildman–Crippen MR) is 74.7 cm³/mol. The molecule has 1 amide bonds. The van der Waals surface area contributed by atoms with Gasteiger partial charge in [-0.15, -0.1) is 0 Å². The number of nitrogen functional groups attached to an aromatic ring is 1. The van der Waals surface area contributed by atoms with Crippen molar-refractivity contribution in [1.29, 1.82) is 0 Å². The van der Waals surface area contributed by atoms with Gasteiger partial charge in [0.2, 0.25) is 0 Å². The van der Waals surface area contributed by atoms with Gasteiger partial charge in [0, 0.05) is 12.2 Å². The van der Waals surface area contributed by atoms with Gasteiger partial charge in [0.25, 0.3) is 5.91 Å². The van der Waals surface area contributed by atoms with E-state index in [0.29, 0.717) is 24.2 Å². The van der Waals surface area contributed by atoms with E-state index in [2.05, 4.69) is 5.32 Å². The maximum atomic E-state index is 12.0. The van der Waals surface area contributed by atoms with E-state index < -0.39 is 9.84 Å². The van der Waals surface area contributed by atoms with E-state index in [4.69, 9.17) is 5.73 Å². The topological polar surface area (TPSA) is 89.3 Å². The van der Waals surface area contributed by atoms with Gasteiger partial charge < -0.3 is 11.1 Å². The zero-order valence-corrected chi connectivity index (χ0v) is 11.7. The van der Waals surface area contributed by atoms with Crippen molar-refractivity contribution >= 4 is 21.4 Å². The molecule has 0 aromatic heterocycles. The lowest BCUT2D eigenvalue weighted by Gasteiger charge is -2.11. The zero-order valence-electron chi connectivity index (χ0n) is 10.8. The Bertz CT molecular complexity index is 596. The Morgan fingerprint density at radius 2 is 2.21 bits per heavy atom. The molecular formula is C13H18N2O3S. The van der Waals surface area contributed by atoms with Crippen molar-refractivity contribution in [3.63, 3.8) is 0 Å². The van der Waals surface area contributed by atoms with E-state index in [1.165, 1.54) is 0 Å². The van der Waals surface area contributed by atoms with E-state index in [1.807, 2.05) is 13.0 Å². The molecule has 104 valence electrons. The highest BCUT2D eigenvalue weighted by atomic mass is 32.2. The zero-order chi connectivity index (χ0) is 14.0. The molecule has 1 saturated heterocycles. The van der Waals surface area contributed by atoms with Crippen molar-refractivity contribution in [2.45, 2.75) is 13.3 Å². The number of aryl methyl sites for hydroxylation is 1. The molecule has 1 aliphatic rings. The minimum atomic E-state index is -2.90. The quantitative estimate of drug-likeness (QED) is 0.800. The van der Waals surface area contributed by atoms with Crippen LogP contribution in [0.1, 0.15) is 22.3 Å². The highest BCUT2D eigenvalue weighted by Gasteiger charge is 2.28. The maximum absolute atomic E-state index is 12.0. The highest BCUT2D eigenvalue weighted by Crippen LogP contribution is 2.18. The monoisotopic (exact) mass is 282 g/mol. The Morgan fingerprint density at radius 3 is 2.79 bits per heavy atom. The van der Waals surface area contributed by atoms with Crippen molar-refractivity contribution in [3.05, 3.63) is 29.3 Å². The standard InChI is InChI=1S/C13H18N2O3S/c1-9-2-3-11(12(14)6-9)13(16)15-7-10-4-5-19(17,18)8-10/h2-3,6,10H,4-5,7-8,14H2,1H3,(H,15,16). The number of sulfone groups is 1. The number of nitrogens with two attached hydrogens (primary N) is 1. The molecule has 1 aromatic rings. The Balaban J connectivity index is 1.95. The lowest BCUT2D eigenvalue weighted by atomic mass is 10.1. The minimum Gasteiger partial charge on any atom is -0.398 e. The molecule has 1 atom stereocenters. The lowest BCUT2D eigenvalue weighted by Crippen LogP contribution is -2.30. The summed E-state index contributed by atoms with van der Waals surface area (Å²) in [5.74, 6) is 0.152. The van der Waals surface area contributed by atoms with Crippen LogP contribution in [0.4, 0.5) is 5.69 Å². The molecule has 3 N–H and O–H groups in total. The fraction of sp³-hybridized carbons (Fsp3) is 0.462. The molecule has 19 heavy (non-hydrogen) atoms. The van der Waals surface area contributed by atoms with Gasteiger partial charge in [0.1, 0.15) is 0 Å². The fourth-order valence-corrected chi connectivity index (χ4v) is 4.12. The van der Waals surface area contributed by atoms with Crippen LogP contribution in [0, 0.1) is 12.8 Å². The number of hydrogen-bond acceptors (Lipinski definition) is 4. The van der Waals surface area contributed by atoms with Gasteiger partial charge in [0.05, 0.1) is 17.1 Å². The molecule has 0 aliphatic carbocycles. The lowest BCUT2D eigenvalue weighted by molar-refractivity contribution is 0.0949. The predicted octanol–water partition coefficient (Wildman–Crippen LogP) is 0.742. The molecule has 1 aromatic carbocycles. The number of hydrogen-bond donors (Lipinski definition) is 2. The second-order valence-electron chi connectivity index (χ2n) is 5.07. The van der Waals surface area contributed by atoms with Gasteiger partial charge in [-0.2, -0.15) is 0 Å². The average molecular weight is 282 g/mol. The van der Waals surface area contributed by atoms with Crippen LogP contribution in [0.15, 0.2) is 18.2 Å². The highest BCUT2D eigenvalue weighted by molar-refractivity contribution is 7.91. The number of anilines is 1. The van der Waals surface area contributed by atoms with E-state index in [0.717, 1.165) is 5.56 Å². The number of carbonyl (C=O) groups is 1. The Labute approximate surface area is 113 Å². The number of nitrogens with one attached hydrogen (secondary N) is 1. The van der Waals surface area contributed by atoms with Gasteiger partial charge in [-0.3, -0.25) is 4.79 Å². The van der Waals surface area contributed by atoms with Gasteiger partial charge in [-0.05, 0) is 37.0 Å². The van der Waals surface area contributed by atoms with Crippen molar-refractivity contribution in [2.24, 2.45) is 5.92 Å². The SMILES string of the molecule is Cc1ccc(C(=O)NCC2CCS(=O)(=O)C2)c(N)c1. The summed E-state index contributed by atoms with van der Waals surface area (Å²) in [7, 11) is -2.90. The Hall–Kier alpha value is -1.56. The summed E-state index contributed by atoms with van der Waals surface area (Å²) in [4.78, 5) is 12.0. The normalized spacial score (nSPS) is 21.2. The van der Waals surface area contributed by atoms with E-state index in [1.54, 1.807) is 12.1 Å². The molecule has 1 unspecified atom stereocenters. The van der Waals surface area contributed by atoms with Gasteiger partial charge in [0.15, 0.2) is 9.84 Å². The molecule has 1 fully saturated rings. The van der Waals surface area contributed by atoms with Crippen LogP contribution in [0.25, 0.3) is 0 Å². The fourth-order valence-electron chi connectivity index (χ4n) is 2.25. The van der Waals surface area contributed by atoms with Gasteiger partial charge >= 0.3 is 0 Å². The summed E-state index contributed by atoms with van der Waals surface area (Å²) >= 11 is 0. The molecular weight excluding hydrogens is 264 g/mol. The molecule has 2 rings (SSSR count). The van der Waals surface area contributed by atoms with E-state index >= 15 is 0 Å². The summed E-state index contributed by atoms with van der Waals surface area (Å²) in [6, 6.07) is 5.26. The first-order valence-corrected chi connectivity index (χ1v) is 8.04. The summed E-state index contributed by atoms with van der Waals surface area (Å²) in [5, 5.41) is 2.76. The van der Waals surface area contributed by atoms with Crippen LogP contribution in [0.2, 0.25) is 0 Å². The van der Waals surface area contributed by atoms with Crippen molar-refractivity contribution in [1.82, 2.24) is 5.32 Å². The van der Waals surface area contributed by atoms with Crippen LogP contribution in [0.3, 0.4) is 0 Å².